The van der Waals surface area contributed by atoms with E-state index in [9.17, 15) is 13.2 Å². The van der Waals surface area contributed by atoms with E-state index in [0.29, 0.717) is 17.7 Å². The summed E-state index contributed by atoms with van der Waals surface area (Å²) in [7, 11) is 0. The van der Waals surface area contributed by atoms with Gasteiger partial charge in [-0.3, -0.25) is 9.98 Å². The number of rotatable bonds is 1. The molecule has 0 spiro atoms. The molecule has 0 amide bonds. The number of alkyl halides is 3. The second-order valence-electron chi connectivity index (χ2n) is 3.08. The minimum Gasteiger partial charge on any atom is -0.288 e. The predicted octanol–water partition coefficient (Wildman–Crippen LogP) is 2.57. The highest BCUT2D eigenvalue weighted by atomic mass is 19.4. The average Bonchev–Trinajstić information content (AvgIpc) is 2.69. The Bertz CT molecular complexity index is 433. The summed E-state index contributed by atoms with van der Waals surface area (Å²) in [5, 5.41) is 0. The van der Waals surface area contributed by atoms with Crippen LogP contribution in [-0.2, 0) is 6.18 Å². The van der Waals surface area contributed by atoms with Gasteiger partial charge in [-0.2, -0.15) is 13.2 Å². The van der Waals surface area contributed by atoms with Gasteiger partial charge in [0.1, 0.15) is 5.69 Å². The predicted molar refractivity (Wildman–Crippen MR) is 50.6 cm³/mol. The maximum atomic E-state index is 12.3. The Morgan fingerprint density at radius 3 is 2.67 bits per heavy atom. The van der Waals surface area contributed by atoms with Crippen LogP contribution in [0.1, 0.15) is 11.3 Å². The largest absolute Gasteiger partial charge is 0.433 e. The monoisotopic (exact) mass is 212 g/mol. The molecule has 1 aromatic heterocycles. The van der Waals surface area contributed by atoms with Gasteiger partial charge in [-0.25, -0.2) is 0 Å². The number of aromatic nitrogens is 1. The lowest BCUT2D eigenvalue weighted by molar-refractivity contribution is -0.141. The average molecular weight is 212 g/mol. The van der Waals surface area contributed by atoms with Crippen molar-refractivity contribution in [3.05, 3.63) is 35.7 Å². The maximum absolute atomic E-state index is 12.3. The molecule has 15 heavy (non-hydrogen) atoms. The van der Waals surface area contributed by atoms with Gasteiger partial charge < -0.3 is 0 Å². The van der Waals surface area contributed by atoms with Gasteiger partial charge in [0.25, 0.3) is 0 Å². The van der Waals surface area contributed by atoms with Crippen molar-refractivity contribution in [2.24, 2.45) is 4.99 Å². The summed E-state index contributed by atoms with van der Waals surface area (Å²) in [6, 6.07) is 2.57. The maximum Gasteiger partial charge on any atom is 0.433 e. The van der Waals surface area contributed by atoms with Crippen LogP contribution in [0.2, 0.25) is 0 Å². The van der Waals surface area contributed by atoms with Gasteiger partial charge in [0.2, 0.25) is 0 Å². The minimum atomic E-state index is -4.40. The second kappa shape index (κ2) is 3.49. The van der Waals surface area contributed by atoms with Gasteiger partial charge in [0.05, 0.1) is 6.54 Å². The van der Waals surface area contributed by atoms with Crippen LogP contribution in [-0.4, -0.2) is 17.7 Å². The third-order valence-electron chi connectivity index (χ3n) is 2.03. The van der Waals surface area contributed by atoms with E-state index < -0.39 is 11.9 Å². The van der Waals surface area contributed by atoms with Crippen LogP contribution in [0, 0.1) is 0 Å². The molecule has 0 bridgehead atoms. The zero-order valence-corrected chi connectivity index (χ0v) is 7.62. The van der Waals surface area contributed by atoms with Crippen LogP contribution < -0.4 is 0 Å². The van der Waals surface area contributed by atoms with Crippen LogP contribution >= 0.6 is 0 Å². The summed E-state index contributed by atoms with van der Waals surface area (Å²) < 4.78 is 37.0. The molecule has 0 aromatic carbocycles. The summed E-state index contributed by atoms with van der Waals surface area (Å²) in [4.78, 5) is 7.20. The number of pyridine rings is 1. The number of hydrogen-bond donors (Lipinski definition) is 0. The molecule has 0 fully saturated rings. The van der Waals surface area contributed by atoms with E-state index in [-0.39, 0.29) is 0 Å². The van der Waals surface area contributed by atoms with Crippen molar-refractivity contribution in [1.82, 2.24) is 4.98 Å². The van der Waals surface area contributed by atoms with Crippen molar-refractivity contribution in [1.29, 1.82) is 0 Å². The van der Waals surface area contributed by atoms with Crippen LogP contribution in [0.3, 0.4) is 0 Å². The van der Waals surface area contributed by atoms with Gasteiger partial charge >= 0.3 is 6.18 Å². The molecule has 0 saturated heterocycles. The highest BCUT2D eigenvalue weighted by molar-refractivity contribution is 6.11. The summed E-state index contributed by atoms with van der Waals surface area (Å²) in [6.07, 6.45) is 0.0997. The molecule has 78 valence electrons. The fraction of sp³-hybridized carbons (Fsp3) is 0.200. The smallest absolute Gasteiger partial charge is 0.288 e. The molecule has 2 rings (SSSR count). The Morgan fingerprint density at radius 2 is 2.07 bits per heavy atom. The first-order chi connectivity index (χ1) is 7.07. The number of allylic oxidation sites excluding steroid dienone is 1. The van der Waals surface area contributed by atoms with Crippen molar-refractivity contribution in [2.45, 2.75) is 6.18 Å². The summed E-state index contributed by atoms with van der Waals surface area (Å²) in [6.45, 7) is 0.527. The zero-order chi connectivity index (χ0) is 10.9. The number of hydrogen-bond acceptors (Lipinski definition) is 2. The summed E-state index contributed by atoms with van der Waals surface area (Å²) in [5.74, 6) is 0. The molecule has 2 nitrogen and oxygen atoms in total. The molecular formula is C10H7F3N2. The van der Waals surface area contributed by atoms with E-state index in [1.165, 1.54) is 0 Å². The topological polar surface area (TPSA) is 25.2 Å². The normalized spacial score (nSPS) is 15.5. The highest BCUT2D eigenvalue weighted by Gasteiger charge is 2.32. The Kier molecular flexibility index (Phi) is 2.30. The van der Waals surface area contributed by atoms with Gasteiger partial charge in [-0.05, 0) is 23.3 Å². The fourth-order valence-corrected chi connectivity index (χ4v) is 1.31. The van der Waals surface area contributed by atoms with E-state index in [1.54, 1.807) is 18.4 Å². The zero-order valence-electron chi connectivity index (χ0n) is 7.62. The number of halogens is 3. The van der Waals surface area contributed by atoms with E-state index in [0.717, 1.165) is 12.3 Å². The number of nitrogens with zero attached hydrogens (tertiary/aromatic N) is 2. The molecule has 1 aliphatic heterocycles. The second-order valence-corrected chi connectivity index (χ2v) is 3.08. The Balaban J connectivity index is 2.39. The van der Waals surface area contributed by atoms with Crippen LogP contribution in [0.15, 0.2) is 29.4 Å². The third-order valence-corrected chi connectivity index (χ3v) is 2.03. The molecule has 0 saturated carbocycles. The highest BCUT2D eigenvalue weighted by Crippen LogP contribution is 2.29. The SMILES string of the molecule is FC(F)(F)c1cc(C2=CCN=C2)ccn1. The molecule has 0 atom stereocenters. The Hall–Kier alpha value is -1.65. The summed E-state index contributed by atoms with van der Waals surface area (Å²) >= 11 is 0. The van der Waals surface area contributed by atoms with Gasteiger partial charge in [-0.1, -0.05) is 6.08 Å². The van der Waals surface area contributed by atoms with E-state index in [4.69, 9.17) is 0 Å². The van der Waals surface area contributed by atoms with Crippen molar-refractivity contribution < 1.29 is 13.2 Å². The molecule has 5 heteroatoms. The van der Waals surface area contributed by atoms with E-state index >= 15 is 0 Å². The van der Waals surface area contributed by atoms with Gasteiger partial charge in [0, 0.05) is 12.4 Å². The molecule has 0 aliphatic carbocycles. The molecule has 0 N–H and O–H groups in total. The first-order valence-corrected chi connectivity index (χ1v) is 4.31. The van der Waals surface area contributed by atoms with Crippen molar-refractivity contribution >= 4 is 11.8 Å². The molecule has 0 unspecified atom stereocenters. The molecule has 1 aromatic rings. The summed E-state index contributed by atoms with van der Waals surface area (Å²) in [5.41, 5.74) is 0.336. The van der Waals surface area contributed by atoms with Crippen LogP contribution in [0.4, 0.5) is 13.2 Å². The lowest BCUT2D eigenvalue weighted by Crippen LogP contribution is -2.08. The first-order valence-electron chi connectivity index (χ1n) is 4.31. The van der Waals surface area contributed by atoms with E-state index in [1.807, 2.05) is 0 Å². The molecule has 0 radical (unpaired) electrons. The number of aliphatic imine (C=N–C) groups is 1. The van der Waals surface area contributed by atoms with Crippen molar-refractivity contribution in [3.63, 3.8) is 0 Å². The lowest BCUT2D eigenvalue weighted by Gasteiger charge is -2.06. The standard InChI is InChI=1S/C10H7F3N2/c11-10(12,13)9-5-7(2-4-15-9)8-1-3-14-6-8/h1-2,4-6H,3H2. The lowest BCUT2D eigenvalue weighted by atomic mass is 10.1. The van der Waals surface area contributed by atoms with Crippen molar-refractivity contribution in [3.8, 4) is 0 Å². The quantitative estimate of drug-likeness (QED) is 0.702. The van der Waals surface area contributed by atoms with Crippen molar-refractivity contribution in [2.75, 3.05) is 6.54 Å². The fourth-order valence-electron chi connectivity index (χ4n) is 1.31. The van der Waals surface area contributed by atoms with Gasteiger partial charge in [-0.15, -0.1) is 0 Å². The van der Waals surface area contributed by atoms with Crippen LogP contribution in [0.25, 0.3) is 5.57 Å². The van der Waals surface area contributed by atoms with E-state index in [2.05, 4.69) is 9.98 Å². The molecular weight excluding hydrogens is 205 g/mol. The Labute approximate surface area is 84.2 Å². The first kappa shape index (κ1) is 9.89. The van der Waals surface area contributed by atoms with Gasteiger partial charge in [0.15, 0.2) is 0 Å². The Morgan fingerprint density at radius 1 is 1.27 bits per heavy atom. The third kappa shape index (κ3) is 2.06. The van der Waals surface area contributed by atoms with Crippen LogP contribution in [0.5, 0.6) is 0 Å². The minimum absolute atomic E-state index is 0.499. The molecule has 1 aliphatic rings. The molecule has 2 heterocycles.